The van der Waals surface area contributed by atoms with Crippen LogP contribution in [0.1, 0.15) is 26.7 Å². The minimum atomic E-state index is -0.348. The van der Waals surface area contributed by atoms with Crippen LogP contribution in [0.2, 0.25) is 0 Å². The predicted octanol–water partition coefficient (Wildman–Crippen LogP) is 0.744. The molecule has 0 aliphatic carbocycles. The van der Waals surface area contributed by atoms with Crippen LogP contribution < -0.4 is 0 Å². The molecule has 3 unspecified atom stereocenters. The average molecular weight is 168 g/mol. The van der Waals surface area contributed by atoms with Gasteiger partial charge in [0.2, 0.25) is 0 Å². The predicted molar refractivity (Wildman–Crippen MR) is 46.5 cm³/mol. The van der Waals surface area contributed by atoms with Gasteiger partial charge in [0.05, 0.1) is 18.2 Å². The Kier molecular flexibility index (Phi) is 3.07. The third kappa shape index (κ3) is 1.77. The summed E-state index contributed by atoms with van der Waals surface area (Å²) in [6.45, 7) is 4.70. The summed E-state index contributed by atoms with van der Waals surface area (Å²) in [5.74, 6) is 0. The SMILES string of the molecule is CC(O)C(C)N1CCCC1C#N. The molecule has 3 nitrogen and oxygen atoms in total. The number of aliphatic hydroxyl groups excluding tert-OH is 1. The molecule has 0 bridgehead atoms. The van der Waals surface area contributed by atoms with Crippen molar-refractivity contribution in [3.8, 4) is 6.07 Å². The second-order valence-electron chi connectivity index (χ2n) is 3.51. The van der Waals surface area contributed by atoms with E-state index in [9.17, 15) is 5.11 Å². The van der Waals surface area contributed by atoms with E-state index >= 15 is 0 Å². The molecule has 0 aromatic carbocycles. The lowest BCUT2D eigenvalue weighted by Crippen LogP contribution is -2.42. The topological polar surface area (TPSA) is 47.3 Å². The molecule has 1 N–H and O–H groups in total. The van der Waals surface area contributed by atoms with E-state index < -0.39 is 0 Å². The van der Waals surface area contributed by atoms with Gasteiger partial charge in [-0.2, -0.15) is 5.26 Å². The number of rotatable bonds is 2. The van der Waals surface area contributed by atoms with E-state index in [1.54, 1.807) is 6.92 Å². The highest BCUT2D eigenvalue weighted by Gasteiger charge is 2.30. The van der Waals surface area contributed by atoms with Gasteiger partial charge in [0.15, 0.2) is 0 Å². The van der Waals surface area contributed by atoms with E-state index in [2.05, 4.69) is 11.0 Å². The Morgan fingerprint density at radius 2 is 2.25 bits per heavy atom. The zero-order chi connectivity index (χ0) is 9.14. The molecule has 0 aromatic heterocycles. The summed E-state index contributed by atoms with van der Waals surface area (Å²) >= 11 is 0. The molecule has 0 saturated carbocycles. The Morgan fingerprint density at radius 3 is 2.75 bits per heavy atom. The molecule has 0 aromatic rings. The lowest BCUT2D eigenvalue weighted by Gasteiger charge is -2.28. The standard InChI is InChI=1S/C9H16N2O/c1-7(8(2)12)11-5-3-4-9(11)6-10/h7-9,12H,3-5H2,1-2H3. The fraction of sp³-hybridized carbons (Fsp3) is 0.889. The van der Waals surface area contributed by atoms with Crippen molar-refractivity contribution in [1.82, 2.24) is 4.90 Å². The Hall–Kier alpha value is -0.590. The quantitative estimate of drug-likeness (QED) is 0.661. The summed E-state index contributed by atoms with van der Waals surface area (Å²) in [5, 5.41) is 18.1. The maximum Gasteiger partial charge on any atom is 0.0981 e. The van der Waals surface area contributed by atoms with Gasteiger partial charge in [-0.3, -0.25) is 4.90 Å². The molecule has 1 rings (SSSR count). The second-order valence-corrected chi connectivity index (χ2v) is 3.51. The molecule has 0 spiro atoms. The average Bonchev–Trinajstić information content (AvgIpc) is 2.49. The highest BCUT2D eigenvalue weighted by molar-refractivity contribution is 4.98. The van der Waals surface area contributed by atoms with Crippen LogP contribution in [0.3, 0.4) is 0 Å². The van der Waals surface area contributed by atoms with Crippen LogP contribution in [0, 0.1) is 11.3 Å². The maximum absolute atomic E-state index is 9.34. The molecule has 0 amide bonds. The first-order valence-electron chi connectivity index (χ1n) is 4.50. The fourth-order valence-electron chi connectivity index (χ4n) is 1.69. The van der Waals surface area contributed by atoms with Crippen LogP contribution in [0.15, 0.2) is 0 Å². The zero-order valence-corrected chi connectivity index (χ0v) is 7.70. The molecule has 3 heteroatoms. The number of hydrogen-bond acceptors (Lipinski definition) is 3. The largest absolute Gasteiger partial charge is 0.392 e. The van der Waals surface area contributed by atoms with Crippen LogP contribution >= 0.6 is 0 Å². The summed E-state index contributed by atoms with van der Waals surface area (Å²) in [7, 11) is 0. The minimum absolute atomic E-state index is 0.0228. The van der Waals surface area contributed by atoms with Gasteiger partial charge in [-0.1, -0.05) is 0 Å². The molecule has 3 atom stereocenters. The van der Waals surface area contributed by atoms with Gasteiger partial charge < -0.3 is 5.11 Å². The number of nitriles is 1. The molecule has 0 radical (unpaired) electrons. The van der Waals surface area contributed by atoms with E-state index in [1.807, 2.05) is 6.92 Å². The van der Waals surface area contributed by atoms with Crippen molar-refractivity contribution in [2.24, 2.45) is 0 Å². The molecular formula is C9H16N2O. The van der Waals surface area contributed by atoms with Crippen molar-refractivity contribution in [2.45, 2.75) is 44.9 Å². The Balaban J connectivity index is 2.56. The van der Waals surface area contributed by atoms with E-state index in [1.165, 1.54) is 0 Å². The van der Waals surface area contributed by atoms with Gasteiger partial charge in [0.25, 0.3) is 0 Å². The van der Waals surface area contributed by atoms with Crippen molar-refractivity contribution >= 4 is 0 Å². The first-order valence-corrected chi connectivity index (χ1v) is 4.50. The number of aliphatic hydroxyl groups is 1. The Morgan fingerprint density at radius 1 is 1.58 bits per heavy atom. The monoisotopic (exact) mass is 168 g/mol. The van der Waals surface area contributed by atoms with Gasteiger partial charge >= 0.3 is 0 Å². The van der Waals surface area contributed by atoms with Gasteiger partial charge in [-0.15, -0.1) is 0 Å². The summed E-state index contributed by atoms with van der Waals surface area (Å²) in [6.07, 6.45) is 1.68. The van der Waals surface area contributed by atoms with Crippen molar-refractivity contribution in [1.29, 1.82) is 5.26 Å². The molecule has 68 valence electrons. The normalized spacial score (nSPS) is 29.7. The Labute approximate surface area is 73.6 Å². The van der Waals surface area contributed by atoms with Crippen LogP contribution in [-0.2, 0) is 0 Å². The van der Waals surface area contributed by atoms with Crippen LogP contribution in [0.4, 0.5) is 0 Å². The van der Waals surface area contributed by atoms with Crippen LogP contribution in [0.25, 0.3) is 0 Å². The molecule has 1 aliphatic heterocycles. The lowest BCUT2D eigenvalue weighted by molar-refractivity contribution is 0.0741. The number of nitrogens with zero attached hydrogens (tertiary/aromatic N) is 2. The molecule has 1 aliphatic rings. The summed E-state index contributed by atoms with van der Waals surface area (Å²) in [6, 6.07) is 2.40. The van der Waals surface area contributed by atoms with E-state index in [-0.39, 0.29) is 18.2 Å². The second kappa shape index (κ2) is 3.88. The van der Waals surface area contributed by atoms with Crippen molar-refractivity contribution < 1.29 is 5.11 Å². The zero-order valence-electron chi connectivity index (χ0n) is 7.70. The lowest BCUT2D eigenvalue weighted by atomic mass is 10.1. The number of hydrogen-bond donors (Lipinski definition) is 1. The number of likely N-dealkylation sites (tertiary alicyclic amines) is 1. The summed E-state index contributed by atoms with van der Waals surface area (Å²) in [5.41, 5.74) is 0. The first kappa shape index (κ1) is 9.50. The maximum atomic E-state index is 9.34. The molecule has 1 heterocycles. The summed E-state index contributed by atoms with van der Waals surface area (Å²) in [4.78, 5) is 2.09. The van der Waals surface area contributed by atoms with Crippen LogP contribution in [-0.4, -0.2) is 34.7 Å². The van der Waals surface area contributed by atoms with Gasteiger partial charge in [0, 0.05) is 6.04 Å². The third-order valence-electron chi connectivity index (χ3n) is 2.66. The minimum Gasteiger partial charge on any atom is -0.392 e. The van der Waals surface area contributed by atoms with Gasteiger partial charge in [0.1, 0.15) is 0 Å². The molecule has 12 heavy (non-hydrogen) atoms. The van der Waals surface area contributed by atoms with E-state index in [0.717, 1.165) is 19.4 Å². The highest BCUT2D eigenvalue weighted by Crippen LogP contribution is 2.20. The van der Waals surface area contributed by atoms with E-state index in [4.69, 9.17) is 5.26 Å². The van der Waals surface area contributed by atoms with E-state index in [0.29, 0.717) is 0 Å². The van der Waals surface area contributed by atoms with Crippen molar-refractivity contribution in [3.05, 3.63) is 0 Å². The Bertz CT molecular complexity index is 185. The van der Waals surface area contributed by atoms with Crippen molar-refractivity contribution in [2.75, 3.05) is 6.54 Å². The van der Waals surface area contributed by atoms with Crippen molar-refractivity contribution in [3.63, 3.8) is 0 Å². The fourth-order valence-corrected chi connectivity index (χ4v) is 1.69. The highest BCUT2D eigenvalue weighted by atomic mass is 16.3. The van der Waals surface area contributed by atoms with Crippen LogP contribution in [0.5, 0.6) is 0 Å². The van der Waals surface area contributed by atoms with Gasteiger partial charge in [-0.25, -0.2) is 0 Å². The molecule has 1 fully saturated rings. The first-order chi connectivity index (χ1) is 5.66. The molecule has 1 saturated heterocycles. The third-order valence-corrected chi connectivity index (χ3v) is 2.66. The smallest absolute Gasteiger partial charge is 0.0981 e. The van der Waals surface area contributed by atoms with Gasteiger partial charge in [-0.05, 0) is 33.2 Å². The molecular weight excluding hydrogens is 152 g/mol. The summed E-state index contributed by atoms with van der Waals surface area (Å²) < 4.78 is 0.